The van der Waals surface area contributed by atoms with E-state index in [0.29, 0.717) is 12.5 Å². The number of methoxy groups -OCH3 is 1. The summed E-state index contributed by atoms with van der Waals surface area (Å²) in [4.78, 5) is 11.3. The molecule has 0 radical (unpaired) electrons. The molecule has 1 aromatic carbocycles. The van der Waals surface area contributed by atoms with Gasteiger partial charge in [-0.1, -0.05) is 6.07 Å². The summed E-state index contributed by atoms with van der Waals surface area (Å²) in [6.07, 6.45) is 2.28. The van der Waals surface area contributed by atoms with Crippen LogP contribution < -0.4 is 5.32 Å². The van der Waals surface area contributed by atoms with Crippen LogP contribution in [0.25, 0.3) is 0 Å². The fraction of sp³-hybridized carbons (Fsp3) is 0.533. The average molecular weight is 281 g/mol. The summed E-state index contributed by atoms with van der Waals surface area (Å²) in [5.74, 6) is -0.665. The van der Waals surface area contributed by atoms with Crippen molar-refractivity contribution in [3.63, 3.8) is 0 Å². The number of ether oxygens (including phenoxy) is 2. The first-order chi connectivity index (χ1) is 9.70. The van der Waals surface area contributed by atoms with E-state index >= 15 is 0 Å². The van der Waals surface area contributed by atoms with E-state index < -0.39 is 11.8 Å². The molecule has 0 bridgehead atoms. The molecular weight excluding hydrogens is 261 g/mol. The van der Waals surface area contributed by atoms with Crippen LogP contribution in [0.4, 0.5) is 4.39 Å². The Kier molecular flexibility index (Phi) is 5.49. The minimum Gasteiger partial charge on any atom is -0.465 e. The van der Waals surface area contributed by atoms with E-state index in [1.54, 1.807) is 6.07 Å². The maximum absolute atomic E-state index is 13.7. The Hall–Kier alpha value is -1.46. The summed E-state index contributed by atoms with van der Waals surface area (Å²) in [5, 5.41) is 3.30. The Morgan fingerprint density at radius 2 is 2.40 bits per heavy atom. The lowest BCUT2D eigenvalue weighted by molar-refractivity contribution is 0.0547. The molecule has 4 nitrogen and oxygen atoms in total. The van der Waals surface area contributed by atoms with E-state index in [1.807, 2.05) is 0 Å². The number of hydrogen-bond acceptors (Lipinski definition) is 4. The molecule has 1 fully saturated rings. The second-order valence-electron chi connectivity index (χ2n) is 5.02. The van der Waals surface area contributed by atoms with Gasteiger partial charge in [0.25, 0.3) is 0 Å². The molecule has 0 saturated carbocycles. The fourth-order valence-corrected chi connectivity index (χ4v) is 2.33. The summed E-state index contributed by atoms with van der Waals surface area (Å²) in [6, 6.07) is 4.57. The monoisotopic (exact) mass is 281 g/mol. The summed E-state index contributed by atoms with van der Waals surface area (Å²) >= 11 is 0. The minimum atomic E-state index is -0.652. The number of hydrogen-bond donors (Lipinski definition) is 1. The smallest absolute Gasteiger partial charge is 0.340 e. The Labute approximate surface area is 118 Å². The van der Waals surface area contributed by atoms with Crippen molar-refractivity contribution < 1.29 is 18.7 Å². The Morgan fingerprint density at radius 1 is 1.55 bits per heavy atom. The maximum atomic E-state index is 13.7. The summed E-state index contributed by atoms with van der Waals surface area (Å²) < 4.78 is 23.6. The maximum Gasteiger partial charge on any atom is 0.340 e. The van der Waals surface area contributed by atoms with Gasteiger partial charge in [0.1, 0.15) is 5.82 Å². The fourth-order valence-electron chi connectivity index (χ4n) is 2.33. The number of rotatable bonds is 5. The molecule has 0 aromatic heterocycles. The van der Waals surface area contributed by atoms with Gasteiger partial charge in [0, 0.05) is 19.7 Å². The predicted octanol–water partition coefficient (Wildman–Crippen LogP) is 2.13. The molecule has 5 heteroatoms. The number of halogens is 1. The second-order valence-corrected chi connectivity index (χ2v) is 5.02. The first-order valence-corrected chi connectivity index (χ1v) is 6.86. The molecule has 1 aliphatic rings. The van der Waals surface area contributed by atoms with E-state index in [9.17, 15) is 9.18 Å². The van der Waals surface area contributed by atoms with Gasteiger partial charge in [-0.25, -0.2) is 9.18 Å². The van der Waals surface area contributed by atoms with E-state index in [0.717, 1.165) is 31.7 Å². The third-order valence-electron chi connectivity index (χ3n) is 3.46. The highest BCUT2D eigenvalue weighted by atomic mass is 19.1. The number of carbonyl (C=O) groups excluding carboxylic acids is 1. The average Bonchev–Trinajstić information content (AvgIpc) is 2.48. The van der Waals surface area contributed by atoms with Gasteiger partial charge in [0.2, 0.25) is 0 Å². The molecule has 2 rings (SSSR count). The van der Waals surface area contributed by atoms with Crippen LogP contribution in [-0.4, -0.2) is 32.8 Å². The third kappa shape index (κ3) is 4.02. The molecule has 1 unspecified atom stereocenters. The molecule has 0 amide bonds. The highest BCUT2D eigenvalue weighted by Crippen LogP contribution is 2.14. The third-order valence-corrected chi connectivity index (χ3v) is 3.46. The number of benzene rings is 1. The summed E-state index contributed by atoms with van der Waals surface area (Å²) in [7, 11) is 1.24. The lowest BCUT2D eigenvalue weighted by Crippen LogP contribution is -2.28. The topological polar surface area (TPSA) is 47.6 Å². The number of esters is 1. The van der Waals surface area contributed by atoms with Crippen molar-refractivity contribution in [3.05, 3.63) is 35.1 Å². The Balaban J connectivity index is 1.84. The summed E-state index contributed by atoms with van der Waals surface area (Å²) in [5.41, 5.74) is 0.781. The quantitative estimate of drug-likeness (QED) is 0.840. The molecule has 1 N–H and O–H groups in total. The van der Waals surface area contributed by atoms with Crippen molar-refractivity contribution in [1.82, 2.24) is 5.32 Å². The molecule has 1 aliphatic heterocycles. The molecule has 1 atom stereocenters. The van der Waals surface area contributed by atoms with Crippen molar-refractivity contribution in [2.24, 2.45) is 5.92 Å². The van der Waals surface area contributed by atoms with Gasteiger partial charge in [0.15, 0.2) is 0 Å². The first-order valence-electron chi connectivity index (χ1n) is 6.86. The van der Waals surface area contributed by atoms with Crippen molar-refractivity contribution in [2.45, 2.75) is 19.4 Å². The molecule has 0 aliphatic carbocycles. The minimum absolute atomic E-state index is 0.0306. The molecule has 0 spiro atoms. The molecular formula is C15H20FNO3. The normalized spacial score (nSPS) is 18.8. The molecule has 20 heavy (non-hydrogen) atoms. The van der Waals surface area contributed by atoms with Crippen LogP contribution in [0.2, 0.25) is 0 Å². The largest absolute Gasteiger partial charge is 0.465 e. The van der Waals surface area contributed by atoms with Gasteiger partial charge in [-0.3, -0.25) is 0 Å². The Bertz CT molecular complexity index is 458. The van der Waals surface area contributed by atoms with Crippen LogP contribution in [0.1, 0.15) is 28.8 Å². The van der Waals surface area contributed by atoms with E-state index in [2.05, 4.69) is 10.1 Å². The van der Waals surface area contributed by atoms with Gasteiger partial charge < -0.3 is 14.8 Å². The van der Waals surface area contributed by atoms with Crippen LogP contribution in [0.15, 0.2) is 18.2 Å². The second kappa shape index (κ2) is 7.36. The highest BCUT2D eigenvalue weighted by molar-refractivity contribution is 5.89. The van der Waals surface area contributed by atoms with Gasteiger partial charge in [-0.05, 0) is 36.5 Å². The van der Waals surface area contributed by atoms with Crippen molar-refractivity contribution >= 4 is 5.97 Å². The zero-order valence-electron chi connectivity index (χ0n) is 11.7. The number of nitrogens with one attached hydrogen (secondary N) is 1. The van der Waals surface area contributed by atoms with Crippen LogP contribution in [0.5, 0.6) is 0 Å². The van der Waals surface area contributed by atoms with Crippen molar-refractivity contribution in [3.8, 4) is 0 Å². The van der Waals surface area contributed by atoms with Gasteiger partial charge in [0.05, 0.1) is 19.3 Å². The molecule has 1 heterocycles. The zero-order chi connectivity index (χ0) is 14.4. The molecule has 1 saturated heterocycles. The SMILES string of the molecule is COC(=O)c1ccc(CNCC2CCCOC2)cc1F. The van der Waals surface area contributed by atoms with Crippen LogP contribution >= 0.6 is 0 Å². The van der Waals surface area contributed by atoms with E-state index in [4.69, 9.17) is 4.74 Å². The van der Waals surface area contributed by atoms with Gasteiger partial charge in [-0.15, -0.1) is 0 Å². The van der Waals surface area contributed by atoms with Crippen LogP contribution in [0, 0.1) is 11.7 Å². The first kappa shape index (κ1) is 14.9. The van der Waals surface area contributed by atoms with Crippen molar-refractivity contribution in [1.29, 1.82) is 0 Å². The lowest BCUT2D eigenvalue weighted by Gasteiger charge is -2.22. The van der Waals surface area contributed by atoms with Crippen molar-refractivity contribution in [2.75, 3.05) is 26.9 Å². The van der Waals surface area contributed by atoms with E-state index in [1.165, 1.54) is 25.7 Å². The summed E-state index contributed by atoms with van der Waals surface area (Å²) in [6.45, 7) is 3.09. The van der Waals surface area contributed by atoms with Crippen LogP contribution in [-0.2, 0) is 16.0 Å². The van der Waals surface area contributed by atoms with Crippen LogP contribution in [0.3, 0.4) is 0 Å². The van der Waals surface area contributed by atoms with Gasteiger partial charge in [-0.2, -0.15) is 0 Å². The number of carbonyl (C=O) groups is 1. The Morgan fingerprint density at radius 3 is 3.05 bits per heavy atom. The zero-order valence-corrected chi connectivity index (χ0v) is 11.7. The highest BCUT2D eigenvalue weighted by Gasteiger charge is 2.14. The predicted molar refractivity (Wildman–Crippen MR) is 73.0 cm³/mol. The van der Waals surface area contributed by atoms with Gasteiger partial charge >= 0.3 is 5.97 Å². The molecule has 1 aromatic rings. The molecule has 110 valence electrons. The lowest BCUT2D eigenvalue weighted by atomic mass is 10.0. The van der Waals surface area contributed by atoms with E-state index in [-0.39, 0.29) is 5.56 Å². The standard InChI is InChI=1S/C15H20FNO3/c1-19-15(18)13-5-4-11(7-14(13)16)8-17-9-12-3-2-6-20-10-12/h4-5,7,12,17H,2-3,6,8-10H2,1H3.